The number of rotatable bonds is 14. The van der Waals surface area contributed by atoms with Crippen molar-refractivity contribution in [2.24, 2.45) is 5.41 Å². The normalized spacial score (nSPS) is 11.5. The van der Waals surface area contributed by atoms with Crippen LogP contribution in [0.1, 0.15) is 85.5 Å². The lowest BCUT2D eigenvalue weighted by atomic mass is 9.89. The summed E-state index contributed by atoms with van der Waals surface area (Å²) in [6.07, 6.45) is 11.2. The molecule has 0 atom stereocenters. The fourth-order valence-electron chi connectivity index (χ4n) is 2.29. The largest absolute Gasteiger partial charge is 0.462 e. The summed E-state index contributed by atoms with van der Waals surface area (Å²) in [5.41, 5.74) is 0.935. The van der Waals surface area contributed by atoms with E-state index >= 15 is 0 Å². The Kier molecular flexibility index (Phi) is 13.1. The van der Waals surface area contributed by atoms with Crippen LogP contribution in [-0.2, 0) is 14.3 Å². The van der Waals surface area contributed by atoms with Gasteiger partial charge in [-0.25, -0.2) is 4.79 Å². The highest BCUT2D eigenvalue weighted by molar-refractivity contribution is 5.86. The van der Waals surface area contributed by atoms with Crippen LogP contribution in [0.15, 0.2) is 12.2 Å². The maximum atomic E-state index is 11.1. The van der Waals surface area contributed by atoms with Crippen molar-refractivity contribution in [2.45, 2.75) is 85.5 Å². The van der Waals surface area contributed by atoms with E-state index in [1.165, 1.54) is 44.9 Å². The monoisotopic (exact) mass is 326 g/mol. The number of ether oxygens (including phenoxy) is 2. The van der Waals surface area contributed by atoms with Crippen molar-refractivity contribution < 1.29 is 14.3 Å². The number of esters is 1. The minimum absolute atomic E-state index is 0.312. The molecule has 0 unspecified atom stereocenters. The summed E-state index contributed by atoms with van der Waals surface area (Å²) >= 11 is 0. The van der Waals surface area contributed by atoms with Gasteiger partial charge in [-0.1, -0.05) is 65.9 Å². The third-order valence-corrected chi connectivity index (χ3v) is 3.73. The molecule has 0 N–H and O–H groups in total. The van der Waals surface area contributed by atoms with E-state index < -0.39 is 0 Å². The molecule has 0 aliphatic rings. The average Bonchev–Trinajstić information content (AvgIpc) is 2.46. The summed E-state index contributed by atoms with van der Waals surface area (Å²) < 4.78 is 10.5. The quantitative estimate of drug-likeness (QED) is 0.234. The third-order valence-electron chi connectivity index (χ3n) is 3.73. The van der Waals surface area contributed by atoms with Crippen LogP contribution in [0.25, 0.3) is 0 Å². The first kappa shape index (κ1) is 22.2. The highest BCUT2D eigenvalue weighted by atomic mass is 16.5. The van der Waals surface area contributed by atoms with Crippen molar-refractivity contribution in [3.05, 3.63) is 12.2 Å². The third kappa shape index (κ3) is 17.4. The minimum Gasteiger partial charge on any atom is -0.462 e. The molecule has 23 heavy (non-hydrogen) atoms. The van der Waals surface area contributed by atoms with Crippen LogP contribution in [0.4, 0.5) is 0 Å². The zero-order chi connectivity index (χ0) is 17.6. The van der Waals surface area contributed by atoms with Crippen molar-refractivity contribution in [1.82, 2.24) is 0 Å². The molecule has 0 rings (SSSR count). The number of hydrogen-bond donors (Lipinski definition) is 0. The van der Waals surface area contributed by atoms with Crippen molar-refractivity contribution in [1.29, 1.82) is 0 Å². The van der Waals surface area contributed by atoms with E-state index in [0.717, 1.165) is 19.4 Å². The van der Waals surface area contributed by atoms with Gasteiger partial charge in [0.25, 0.3) is 0 Å². The summed E-state index contributed by atoms with van der Waals surface area (Å²) in [6, 6.07) is 0. The molecule has 0 radical (unpaired) electrons. The summed E-state index contributed by atoms with van der Waals surface area (Å²) in [5.74, 6) is -0.312. The van der Waals surface area contributed by atoms with Gasteiger partial charge in [-0.15, -0.1) is 0 Å². The van der Waals surface area contributed by atoms with Crippen LogP contribution >= 0.6 is 0 Å². The van der Waals surface area contributed by atoms with Gasteiger partial charge in [-0.3, -0.25) is 0 Å². The Hall–Kier alpha value is -0.830. The van der Waals surface area contributed by atoms with E-state index in [9.17, 15) is 4.79 Å². The molecule has 0 aromatic heterocycles. The first-order valence-electron chi connectivity index (χ1n) is 9.23. The highest BCUT2D eigenvalue weighted by Gasteiger charge is 2.08. The Morgan fingerprint density at radius 2 is 1.35 bits per heavy atom. The lowest BCUT2D eigenvalue weighted by Gasteiger charge is -2.17. The van der Waals surface area contributed by atoms with Crippen LogP contribution in [0, 0.1) is 5.41 Å². The molecule has 0 amide bonds. The number of unbranched alkanes of at least 4 members (excludes halogenated alkanes) is 6. The predicted octanol–water partition coefficient (Wildman–Crippen LogP) is 5.68. The van der Waals surface area contributed by atoms with Crippen molar-refractivity contribution >= 4 is 5.97 Å². The molecule has 0 aromatic rings. The Labute approximate surface area is 143 Å². The Morgan fingerprint density at radius 1 is 0.826 bits per heavy atom. The fourth-order valence-corrected chi connectivity index (χ4v) is 2.29. The van der Waals surface area contributed by atoms with Gasteiger partial charge in [0.1, 0.15) is 0 Å². The van der Waals surface area contributed by atoms with Gasteiger partial charge >= 0.3 is 5.97 Å². The molecule has 0 fully saturated rings. The summed E-state index contributed by atoms with van der Waals surface area (Å²) in [7, 11) is 0. The van der Waals surface area contributed by atoms with E-state index in [-0.39, 0.29) is 5.97 Å². The lowest BCUT2D eigenvalue weighted by Crippen LogP contribution is -2.08. The summed E-state index contributed by atoms with van der Waals surface area (Å²) in [6.45, 7) is 14.0. The lowest BCUT2D eigenvalue weighted by molar-refractivity contribution is -0.139. The van der Waals surface area contributed by atoms with Gasteiger partial charge in [-0.05, 0) is 25.2 Å². The summed E-state index contributed by atoms with van der Waals surface area (Å²) in [4.78, 5) is 11.1. The van der Waals surface area contributed by atoms with E-state index in [1.54, 1.807) is 6.92 Å². The molecular formula is C20H38O3. The number of hydrogen-bond acceptors (Lipinski definition) is 3. The molecule has 0 aliphatic heterocycles. The maximum Gasteiger partial charge on any atom is 0.333 e. The van der Waals surface area contributed by atoms with E-state index in [1.807, 2.05) is 0 Å². The standard InChI is InChI=1S/C20H38O3/c1-18(2)19(21)23-17-13-16-22-15-12-10-8-6-7-9-11-14-20(3,4)5/h1,6-17H2,2-5H3. The molecule has 0 aliphatic carbocycles. The maximum absolute atomic E-state index is 11.1. The molecule has 136 valence electrons. The molecule has 0 saturated carbocycles. The van der Waals surface area contributed by atoms with Crippen molar-refractivity contribution in [3.8, 4) is 0 Å². The fraction of sp³-hybridized carbons (Fsp3) is 0.850. The van der Waals surface area contributed by atoms with Crippen LogP contribution in [0.3, 0.4) is 0 Å². The van der Waals surface area contributed by atoms with Crippen LogP contribution in [-0.4, -0.2) is 25.8 Å². The first-order valence-corrected chi connectivity index (χ1v) is 9.23. The zero-order valence-corrected chi connectivity index (χ0v) is 15.9. The minimum atomic E-state index is -0.312. The second kappa shape index (κ2) is 13.6. The molecule has 0 heterocycles. The molecule has 0 bridgehead atoms. The molecular weight excluding hydrogens is 288 g/mol. The Bertz CT molecular complexity index is 315. The van der Waals surface area contributed by atoms with Gasteiger partial charge in [0.15, 0.2) is 0 Å². The van der Waals surface area contributed by atoms with Crippen LogP contribution in [0.2, 0.25) is 0 Å². The second-order valence-electron chi connectivity index (χ2n) is 7.67. The number of carbonyl (C=O) groups excluding carboxylic acids is 1. The van der Waals surface area contributed by atoms with Crippen molar-refractivity contribution in [2.75, 3.05) is 19.8 Å². The van der Waals surface area contributed by atoms with Crippen molar-refractivity contribution in [3.63, 3.8) is 0 Å². The van der Waals surface area contributed by atoms with E-state index in [0.29, 0.717) is 24.2 Å². The number of carbonyl (C=O) groups is 1. The predicted molar refractivity (Wildman–Crippen MR) is 97.6 cm³/mol. The first-order chi connectivity index (χ1) is 10.8. The zero-order valence-electron chi connectivity index (χ0n) is 15.9. The highest BCUT2D eigenvalue weighted by Crippen LogP contribution is 2.22. The Balaban J connectivity index is 3.14. The molecule has 0 saturated heterocycles. The van der Waals surface area contributed by atoms with Gasteiger partial charge in [0.05, 0.1) is 6.61 Å². The van der Waals surface area contributed by atoms with E-state index in [4.69, 9.17) is 9.47 Å². The van der Waals surface area contributed by atoms with Gasteiger partial charge in [0, 0.05) is 25.2 Å². The van der Waals surface area contributed by atoms with Gasteiger partial charge < -0.3 is 9.47 Å². The smallest absolute Gasteiger partial charge is 0.333 e. The molecule has 0 aromatic carbocycles. The molecule has 3 nitrogen and oxygen atoms in total. The van der Waals surface area contributed by atoms with Crippen LogP contribution < -0.4 is 0 Å². The van der Waals surface area contributed by atoms with E-state index in [2.05, 4.69) is 27.4 Å². The average molecular weight is 327 g/mol. The Morgan fingerprint density at radius 3 is 1.91 bits per heavy atom. The topological polar surface area (TPSA) is 35.5 Å². The van der Waals surface area contributed by atoms with Crippen LogP contribution in [0.5, 0.6) is 0 Å². The molecule has 0 spiro atoms. The molecule has 3 heteroatoms. The van der Waals surface area contributed by atoms with Gasteiger partial charge in [-0.2, -0.15) is 0 Å². The summed E-state index contributed by atoms with van der Waals surface area (Å²) in [5, 5.41) is 0. The SMILES string of the molecule is C=C(C)C(=O)OCCCOCCCCCCCCCC(C)(C)C. The second-order valence-corrected chi connectivity index (χ2v) is 7.67. The van der Waals surface area contributed by atoms with Gasteiger partial charge in [0.2, 0.25) is 0 Å².